The number of aryl methyl sites for hydroxylation is 1. The SMILES string of the molecule is CCOc1cc2c(c(C)n1)OC(c1c(Cl)nc(NCC(F)(F)F)nc1N[C@@H]1C[C@H](CO)[C@@H](O)[C@H]1O)C2. The minimum Gasteiger partial charge on any atom is -0.483 e. The van der Waals surface area contributed by atoms with Crippen molar-refractivity contribution in [1.82, 2.24) is 15.0 Å². The van der Waals surface area contributed by atoms with Crippen LogP contribution < -0.4 is 20.1 Å². The van der Waals surface area contributed by atoms with Crippen molar-refractivity contribution in [1.29, 1.82) is 0 Å². The number of anilines is 2. The predicted molar refractivity (Wildman–Crippen MR) is 123 cm³/mol. The third kappa shape index (κ3) is 5.53. The maximum absolute atomic E-state index is 12.8. The van der Waals surface area contributed by atoms with Crippen molar-refractivity contribution in [2.24, 2.45) is 5.92 Å². The van der Waals surface area contributed by atoms with E-state index in [4.69, 9.17) is 21.1 Å². The van der Waals surface area contributed by atoms with Crippen molar-refractivity contribution in [3.05, 3.63) is 28.0 Å². The number of pyridine rings is 1. The number of halogens is 4. The minimum absolute atomic E-state index is 0.0444. The third-order valence-corrected chi connectivity index (χ3v) is 6.47. The number of nitrogens with one attached hydrogen (secondary N) is 2. The summed E-state index contributed by atoms with van der Waals surface area (Å²) in [5.41, 5.74) is 1.67. The lowest BCUT2D eigenvalue weighted by Crippen LogP contribution is -2.36. The Morgan fingerprint density at radius 3 is 2.61 bits per heavy atom. The molecule has 14 heteroatoms. The van der Waals surface area contributed by atoms with Crippen LogP contribution in [0.25, 0.3) is 0 Å². The molecular formula is C22H27ClF3N5O5. The first-order chi connectivity index (χ1) is 17.0. The zero-order valence-electron chi connectivity index (χ0n) is 19.5. The van der Waals surface area contributed by atoms with Gasteiger partial charge in [0.25, 0.3) is 0 Å². The van der Waals surface area contributed by atoms with Gasteiger partial charge in [0.15, 0.2) is 0 Å². The fraction of sp³-hybridized carbons (Fsp3) is 0.591. The number of aromatic nitrogens is 3. The average molecular weight is 534 g/mol. The molecular weight excluding hydrogens is 507 g/mol. The van der Waals surface area contributed by atoms with Gasteiger partial charge in [0.2, 0.25) is 11.8 Å². The topological polar surface area (TPSA) is 142 Å². The van der Waals surface area contributed by atoms with Crippen molar-refractivity contribution in [3.63, 3.8) is 0 Å². The number of aliphatic hydroxyl groups excluding tert-OH is 3. The van der Waals surface area contributed by atoms with Gasteiger partial charge in [0, 0.05) is 30.6 Å². The Morgan fingerprint density at radius 1 is 1.22 bits per heavy atom. The van der Waals surface area contributed by atoms with Crippen molar-refractivity contribution >= 4 is 23.4 Å². The first-order valence-corrected chi connectivity index (χ1v) is 11.8. The van der Waals surface area contributed by atoms with Crippen LogP contribution in [-0.2, 0) is 6.42 Å². The van der Waals surface area contributed by atoms with Gasteiger partial charge in [0.05, 0.1) is 30.0 Å². The molecule has 1 saturated carbocycles. The molecule has 5 N–H and O–H groups in total. The standard InChI is InChI=1S/C22H27ClF3N5O5/c1-3-35-14-6-10-5-13(36-18(10)9(2)28-14)15-19(23)30-21(27-8-22(24,25)26)31-20(15)29-12-4-11(7-32)16(33)17(12)34/h6,11-13,16-17,32-34H,3-5,7-8H2,1-2H3,(H2,27,29,30,31)/t11-,12-,13?,16-,17+/m1/s1. The number of rotatable bonds is 8. The summed E-state index contributed by atoms with van der Waals surface area (Å²) in [6.45, 7) is 2.30. The van der Waals surface area contributed by atoms with Crippen LogP contribution in [0.3, 0.4) is 0 Å². The molecule has 2 aromatic heterocycles. The first kappa shape index (κ1) is 26.5. The maximum Gasteiger partial charge on any atom is 0.405 e. The van der Waals surface area contributed by atoms with E-state index in [0.29, 0.717) is 30.4 Å². The van der Waals surface area contributed by atoms with Gasteiger partial charge in [-0.15, -0.1) is 0 Å². The van der Waals surface area contributed by atoms with Crippen LogP contribution in [-0.4, -0.2) is 74.5 Å². The molecule has 1 aliphatic carbocycles. The molecule has 36 heavy (non-hydrogen) atoms. The van der Waals surface area contributed by atoms with Crippen LogP contribution in [0.15, 0.2) is 6.07 Å². The molecule has 0 saturated heterocycles. The Hall–Kier alpha value is -2.61. The molecule has 198 valence electrons. The Kier molecular flexibility index (Phi) is 7.64. The molecule has 10 nitrogen and oxygen atoms in total. The van der Waals surface area contributed by atoms with E-state index in [1.165, 1.54) is 0 Å². The van der Waals surface area contributed by atoms with E-state index in [-0.39, 0.29) is 35.5 Å². The third-order valence-electron chi connectivity index (χ3n) is 6.18. The van der Waals surface area contributed by atoms with Gasteiger partial charge in [-0.25, -0.2) is 9.97 Å². The van der Waals surface area contributed by atoms with Crippen LogP contribution in [0.2, 0.25) is 5.15 Å². The molecule has 3 heterocycles. The van der Waals surface area contributed by atoms with E-state index in [1.807, 2.05) is 6.92 Å². The van der Waals surface area contributed by atoms with Crippen molar-refractivity contribution in [2.45, 2.75) is 57.2 Å². The second-order valence-corrected chi connectivity index (χ2v) is 9.12. The van der Waals surface area contributed by atoms with Gasteiger partial charge < -0.3 is 35.4 Å². The van der Waals surface area contributed by atoms with E-state index < -0.39 is 43.0 Å². The fourth-order valence-corrected chi connectivity index (χ4v) is 4.79. The second kappa shape index (κ2) is 10.4. The summed E-state index contributed by atoms with van der Waals surface area (Å²) in [6, 6.07) is 0.990. The smallest absolute Gasteiger partial charge is 0.405 e. The summed E-state index contributed by atoms with van der Waals surface area (Å²) < 4.78 is 49.9. The van der Waals surface area contributed by atoms with Crippen LogP contribution in [0.5, 0.6) is 11.6 Å². The lowest BCUT2D eigenvalue weighted by Gasteiger charge is -2.23. The molecule has 0 amide bonds. The molecule has 0 bridgehead atoms. The lowest BCUT2D eigenvalue weighted by molar-refractivity contribution is -0.115. The van der Waals surface area contributed by atoms with E-state index >= 15 is 0 Å². The molecule has 1 fully saturated rings. The minimum atomic E-state index is -4.51. The summed E-state index contributed by atoms with van der Waals surface area (Å²) >= 11 is 6.45. The van der Waals surface area contributed by atoms with E-state index in [1.54, 1.807) is 13.0 Å². The number of nitrogens with zero attached hydrogens (tertiary/aromatic N) is 3. The highest BCUT2D eigenvalue weighted by molar-refractivity contribution is 6.30. The number of aliphatic hydroxyl groups is 3. The van der Waals surface area contributed by atoms with Crippen molar-refractivity contribution < 1.29 is 38.0 Å². The second-order valence-electron chi connectivity index (χ2n) is 8.76. The molecule has 5 atom stereocenters. The Balaban J connectivity index is 1.68. The molecule has 1 aliphatic heterocycles. The van der Waals surface area contributed by atoms with Crippen LogP contribution in [0.4, 0.5) is 24.9 Å². The van der Waals surface area contributed by atoms with E-state index in [0.717, 1.165) is 5.56 Å². The summed E-state index contributed by atoms with van der Waals surface area (Å²) in [4.78, 5) is 12.5. The number of alkyl halides is 3. The van der Waals surface area contributed by atoms with Crippen molar-refractivity contribution in [2.75, 3.05) is 30.4 Å². The normalized spacial score (nSPS) is 25.4. The van der Waals surface area contributed by atoms with Gasteiger partial charge in [0.1, 0.15) is 35.5 Å². The molecule has 2 aromatic rings. The summed E-state index contributed by atoms with van der Waals surface area (Å²) in [7, 11) is 0. The Morgan fingerprint density at radius 2 is 1.97 bits per heavy atom. The van der Waals surface area contributed by atoms with Crippen LogP contribution in [0, 0.1) is 12.8 Å². The fourth-order valence-electron chi connectivity index (χ4n) is 4.49. The van der Waals surface area contributed by atoms with Crippen LogP contribution in [0.1, 0.15) is 36.3 Å². The highest BCUT2D eigenvalue weighted by Gasteiger charge is 2.42. The molecule has 2 aliphatic rings. The first-order valence-electron chi connectivity index (χ1n) is 11.4. The molecule has 0 aromatic carbocycles. The van der Waals surface area contributed by atoms with Gasteiger partial charge in [-0.2, -0.15) is 18.2 Å². The molecule has 1 unspecified atom stereocenters. The molecule has 0 spiro atoms. The summed E-state index contributed by atoms with van der Waals surface area (Å²) in [5.74, 6) is 0.0500. The van der Waals surface area contributed by atoms with E-state index in [9.17, 15) is 28.5 Å². The number of ether oxygens (including phenoxy) is 2. The molecule has 0 radical (unpaired) electrons. The van der Waals surface area contributed by atoms with Gasteiger partial charge in [-0.3, -0.25) is 0 Å². The Bertz CT molecular complexity index is 1110. The largest absolute Gasteiger partial charge is 0.483 e. The van der Waals surface area contributed by atoms with Gasteiger partial charge in [-0.05, 0) is 20.3 Å². The van der Waals surface area contributed by atoms with Crippen molar-refractivity contribution in [3.8, 4) is 11.6 Å². The lowest BCUT2D eigenvalue weighted by atomic mass is 10.0. The predicted octanol–water partition coefficient (Wildman–Crippen LogP) is 2.40. The zero-order valence-corrected chi connectivity index (χ0v) is 20.3. The molecule has 4 rings (SSSR count). The van der Waals surface area contributed by atoms with Gasteiger partial charge in [-0.1, -0.05) is 11.6 Å². The highest BCUT2D eigenvalue weighted by atomic mass is 35.5. The monoisotopic (exact) mass is 533 g/mol. The zero-order chi connectivity index (χ0) is 26.2. The van der Waals surface area contributed by atoms with Crippen LogP contribution >= 0.6 is 11.6 Å². The maximum atomic E-state index is 12.8. The summed E-state index contributed by atoms with van der Waals surface area (Å²) in [6.07, 6.45) is -7.13. The summed E-state index contributed by atoms with van der Waals surface area (Å²) in [5, 5.41) is 35.1. The number of hydrogen-bond acceptors (Lipinski definition) is 10. The average Bonchev–Trinajstić information content (AvgIpc) is 3.34. The Labute approximate surface area is 209 Å². The number of fused-ring (bicyclic) bond motifs is 1. The highest BCUT2D eigenvalue weighted by Crippen LogP contribution is 2.44. The quantitative estimate of drug-likeness (QED) is 0.321. The van der Waals surface area contributed by atoms with E-state index in [2.05, 4.69) is 25.6 Å². The van der Waals surface area contributed by atoms with Gasteiger partial charge >= 0.3 is 6.18 Å². The number of hydrogen-bond donors (Lipinski definition) is 5.